The van der Waals surface area contributed by atoms with Gasteiger partial charge in [-0.1, -0.05) is 25.5 Å². The van der Waals surface area contributed by atoms with E-state index in [0.29, 0.717) is 39.6 Å². The van der Waals surface area contributed by atoms with Crippen LogP contribution in [-0.4, -0.2) is 53.4 Å². The number of methoxy groups -OCH3 is 1. The Balaban J connectivity index is 1.89. The van der Waals surface area contributed by atoms with Gasteiger partial charge in [-0.05, 0) is 18.6 Å². The van der Waals surface area contributed by atoms with Crippen molar-refractivity contribution in [2.24, 2.45) is 0 Å². The third kappa shape index (κ3) is 8.87. The standard InChI is InChI=1S/C17H28O5/c1-3-4-9-19-10-11-20-12-13-21-14-15-22-17-8-6-5-7-16(17)18-2/h5-8H,3-4,9-15H2,1-2H3. The molecule has 0 amide bonds. The molecule has 5 nitrogen and oxygen atoms in total. The molecule has 0 spiro atoms. The number of ether oxygens (including phenoxy) is 5. The maximum absolute atomic E-state index is 5.60. The van der Waals surface area contributed by atoms with E-state index in [-0.39, 0.29) is 0 Å². The summed E-state index contributed by atoms with van der Waals surface area (Å²) in [5, 5.41) is 0. The van der Waals surface area contributed by atoms with E-state index in [4.69, 9.17) is 23.7 Å². The van der Waals surface area contributed by atoms with Gasteiger partial charge in [0.1, 0.15) is 6.61 Å². The number of unbranched alkanes of at least 4 members (excludes halogenated alkanes) is 1. The highest BCUT2D eigenvalue weighted by Crippen LogP contribution is 2.25. The number of hydrogen-bond donors (Lipinski definition) is 0. The van der Waals surface area contributed by atoms with Crippen LogP contribution in [-0.2, 0) is 14.2 Å². The van der Waals surface area contributed by atoms with Gasteiger partial charge in [0, 0.05) is 6.61 Å². The molecule has 0 bridgehead atoms. The van der Waals surface area contributed by atoms with Crippen LogP contribution in [0.4, 0.5) is 0 Å². The van der Waals surface area contributed by atoms with Crippen molar-refractivity contribution in [1.29, 1.82) is 0 Å². The van der Waals surface area contributed by atoms with Gasteiger partial charge in [0.25, 0.3) is 0 Å². The van der Waals surface area contributed by atoms with E-state index >= 15 is 0 Å². The Bertz CT molecular complexity index is 370. The van der Waals surface area contributed by atoms with Crippen LogP contribution in [0.15, 0.2) is 24.3 Å². The van der Waals surface area contributed by atoms with Crippen molar-refractivity contribution in [3.63, 3.8) is 0 Å². The van der Waals surface area contributed by atoms with Crippen molar-refractivity contribution in [3.05, 3.63) is 24.3 Å². The molecule has 1 aromatic rings. The summed E-state index contributed by atoms with van der Waals surface area (Å²) in [6, 6.07) is 7.56. The fraction of sp³-hybridized carbons (Fsp3) is 0.647. The summed E-state index contributed by atoms with van der Waals surface area (Å²) >= 11 is 0. The maximum atomic E-state index is 5.60. The number of benzene rings is 1. The van der Waals surface area contributed by atoms with E-state index in [2.05, 4.69) is 6.92 Å². The second-order valence-electron chi connectivity index (χ2n) is 4.69. The van der Waals surface area contributed by atoms with Gasteiger partial charge in [-0.2, -0.15) is 0 Å². The fourth-order valence-electron chi connectivity index (χ4n) is 1.74. The Kier molecular flexibility index (Phi) is 11.4. The molecule has 0 aliphatic carbocycles. The Hall–Kier alpha value is -1.30. The molecule has 0 aromatic heterocycles. The fourth-order valence-corrected chi connectivity index (χ4v) is 1.74. The molecule has 0 aliphatic heterocycles. The molecule has 0 heterocycles. The van der Waals surface area contributed by atoms with Gasteiger partial charge in [0.15, 0.2) is 11.5 Å². The van der Waals surface area contributed by atoms with Crippen molar-refractivity contribution in [1.82, 2.24) is 0 Å². The Morgan fingerprint density at radius 2 is 1.27 bits per heavy atom. The largest absolute Gasteiger partial charge is 0.493 e. The molecule has 1 rings (SSSR count). The van der Waals surface area contributed by atoms with Crippen LogP contribution in [0, 0.1) is 0 Å². The number of hydrogen-bond acceptors (Lipinski definition) is 5. The molecule has 0 saturated carbocycles. The molecule has 0 fully saturated rings. The van der Waals surface area contributed by atoms with E-state index in [1.807, 2.05) is 24.3 Å². The SMILES string of the molecule is CCCCOCCOCCOCCOc1ccccc1OC. The molecule has 0 unspecified atom stereocenters. The minimum atomic E-state index is 0.487. The zero-order chi connectivity index (χ0) is 15.9. The van der Waals surface area contributed by atoms with Crippen LogP contribution in [0.5, 0.6) is 11.5 Å². The quantitative estimate of drug-likeness (QED) is 0.494. The van der Waals surface area contributed by atoms with E-state index in [1.165, 1.54) is 0 Å². The van der Waals surface area contributed by atoms with E-state index in [0.717, 1.165) is 30.9 Å². The molecule has 0 radical (unpaired) electrons. The van der Waals surface area contributed by atoms with Crippen molar-refractivity contribution in [3.8, 4) is 11.5 Å². The van der Waals surface area contributed by atoms with Crippen molar-refractivity contribution < 1.29 is 23.7 Å². The van der Waals surface area contributed by atoms with Gasteiger partial charge in [-0.25, -0.2) is 0 Å². The molecule has 1 aromatic carbocycles. The van der Waals surface area contributed by atoms with Crippen LogP contribution < -0.4 is 9.47 Å². The minimum absolute atomic E-state index is 0.487. The summed E-state index contributed by atoms with van der Waals surface area (Å²) in [4.78, 5) is 0. The molecular formula is C17H28O5. The van der Waals surface area contributed by atoms with Gasteiger partial charge < -0.3 is 23.7 Å². The monoisotopic (exact) mass is 312 g/mol. The molecule has 0 atom stereocenters. The Morgan fingerprint density at radius 1 is 0.727 bits per heavy atom. The lowest BCUT2D eigenvalue weighted by molar-refractivity contribution is 0.00883. The van der Waals surface area contributed by atoms with Crippen LogP contribution in [0.2, 0.25) is 0 Å². The van der Waals surface area contributed by atoms with Crippen LogP contribution in [0.1, 0.15) is 19.8 Å². The highest BCUT2D eigenvalue weighted by Gasteiger charge is 2.01. The number of rotatable bonds is 14. The van der Waals surface area contributed by atoms with Gasteiger partial charge in [-0.3, -0.25) is 0 Å². The molecule has 22 heavy (non-hydrogen) atoms. The predicted molar refractivity (Wildman–Crippen MR) is 85.9 cm³/mol. The summed E-state index contributed by atoms with van der Waals surface area (Å²) in [7, 11) is 1.63. The summed E-state index contributed by atoms with van der Waals surface area (Å²) in [5.41, 5.74) is 0. The van der Waals surface area contributed by atoms with Crippen molar-refractivity contribution in [2.45, 2.75) is 19.8 Å². The highest BCUT2D eigenvalue weighted by molar-refractivity contribution is 5.39. The van der Waals surface area contributed by atoms with Gasteiger partial charge in [-0.15, -0.1) is 0 Å². The summed E-state index contributed by atoms with van der Waals surface area (Å²) in [6.45, 7) is 6.37. The first-order valence-electron chi connectivity index (χ1n) is 7.87. The summed E-state index contributed by atoms with van der Waals surface area (Å²) < 4.78 is 27.0. The van der Waals surface area contributed by atoms with Crippen LogP contribution >= 0.6 is 0 Å². The maximum Gasteiger partial charge on any atom is 0.161 e. The van der Waals surface area contributed by atoms with E-state index in [9.17, 15) is 0 Å². The van der Waals surface area contributed by atoms with Crippen molar-refractivity contribution in [2.75, 3.05) is 53.4 Å². The first-order valence-corrected chi connectivity index (χ1v) is 7.87. The lowest BCUT2D eigenvalue weighted by Gasteiger charge is -2.10. The van der Waals surface area contributed by atoms with Crippen LogP contribution in [0.3, 0.4) is 0 Å². The normalized spacial score (nSPS) is 10.6. The third-order valence-corrected chi connectivity index (χ3v) is 2.94. The summed E-state index contributed by atoms with van der Waals surface area (Å²) in [6.07, 6.45) is 2.26. The Labute approximate surface area is 133 Å². The second-order valence-corrected chi connectivity index (χ2v) is 4.69. The zero-order valence-corrected chi connectivity index (χ0v) is 13.7. The number of para-hydroxylation sites is 2. The van der Waals surface area contributed by atoms with Gasteiger partial charge in [0.2, 0.25) is 0 Å². The molecule has 0 aliphatic rings. The first kappa shape index (κ1) is 18.7. The third-order valence-electron chi connectivity index (χ3n) is 2.94. The zero-order valence-electron chi connectivity index (χ0n) is 13.7. The predicted octanol–water partition coefficient (Wildman–Crippen LogP) is 2.92. The molecule has 126 valence electrons. The van der Waals surface area contributed by atoms with Gasteiger partial charge >= 0.3 is 0 Å². The molecule has 0 saturated heterocycles. The van der Waals surface area contributed by atoms with E-state index in [1.54, 1.807) is 7.11 Å². The lowest BCUT2D eigenvalue weighted by Crippen LogP contribution is -2.13. The topological polar surface area (TPSA) is 46.2 Å². The second kappa shape index (κ2) is 13.4. The first-order chi connectivity index (χ1) is 10.9. The highest BCUT2D eigenvalue weighted by atomic mass is 16.6. The average molecular weight is 312 g/mol. The van der Waals surface area contributed by atoms with Gasteiger partial charge in [0.05, 0.1) is 40.1 Å². The lowest BCUT2D eigenvalue weighted by atomic mass is 10.3. The Morgan fingerprint density at radius 3 is 1.86 bits per heavy atom. The summed E-state index contributed by atoms with van der Waals surface area (Å²) in [5.74, 6) is 1.46. The molecule has 5 heteroatoms. The average Bonchev–Trinajstić information content (AvgIpc) is 2.56. The smallest absolute Gasteiger partial charge is 0.161 e. The molecule has 0 N–H and O–H groups in total. The van der Waals surface area contributed by atoms with Crippen molar-refractivity contribution >= 4 is 0 Å². The van der Waals surface area contributed by atoms with Crippen LogP contribution in [0.25, 0.3) is 0 Å². The molecular weight excluding hydrogens is 284 g/mol. The van der Waals surface area contributed by atoms with E-state index < -0.39 is 0 Å². The minimum Gasteiger partial charge on any atom is -0.493 e.